The van der Waals surface area contributed by atoms with E-state index in [2.05, 4.69) is 10.3 Å². The Balaban J connectivity index is 1.62. The maximum atomic E-state index is 12.6. The van der Waals surface area contributed by atoms with Gasteiger partial charge in [0.2, 0.25) is 5.91 Å². The van der Waals surface area contributed by atoms with Crippen molar-refractivity contribution in [3.05, 3.63) is 57.0 Å². The van der Waals surface area contributed by atoms with Crippen molar-refractivity contribution in [2.45, 2.75) is 19.0 Å². The first-order valence-electron chi connectivity index (χ1n) is 8.59. The van der Waals surface area contributed by atoms with Gasteiger partial charge in [0, 0.05) is 26.1 Å². The van der Waals surface area contributed by atoms with E-state index >= 15 is 0 Å². The molecule has 1 unspecified atom stereocenters. The molecular formula is C18H19N5O4. The van der Waals surface area contributed by atoms with Gasteiger partial charge < -0.3 is 14.6 Å². The summed E-state index contributed by atoms with van der Waals surface area (Å²) in [6, 6.07) is 7.45. The van der Waals surface area contributed by atoms with Crippen LogP contribution >= 0.6 is 0 Å². The standard InChI is InChI=1S/C18H19N5O4/c1-21-16-15(17(25)22(2)18(21)26)23(10-19-16)9-14(24)20-12-7-8-27-13-6-4-3-5-11(12)13/h3-6,10,12H,7-9H2,1-2H3,(H,20,24). The second kappa shape index (κ2) is 6.42. The smallest absolute Gasteiger partial charge is 0.332 e. The Bertz CT molecular complexity index is 1160. The van der Waals surface area contributed by atoms with E-state index in [1.165, 1.54) is 22.5 Å². The van der Waals surface area contributed by atoms with Crippen molar-refractivity contribution in [2.75, 3.05) is 6.61 Å². The number of amides is 1. The molecule has 4 rings (SSSR count). The van der Waals surface area contributed by atoms with Gasteiger partial charge in [0.1, 0.15) is 12.3 Å². The quantitative estimate of drug-likeness (QED) is 0.704. The van der Waals surface area contributed by atoms with E-state index in [9.17, 15) is 14.4 Å². The molecule has 1 N–H and O–H groups in total. The lowest BCUT2D eigenvalue weighted by atomic mass is 10.0. The number of benzene rings is 1. The number of carbonyl (C=O) groups excluding carboxylic acids is 1. The zero-order chi connectivity index (χ0) is 19.1. The average molecular weight is 369 g/mol. The van der Waals surface area contributed by atoms with Crippen LogP contribution in [0.25, 0.3) is 11.2 Å². The fourth-order valence-corrected chi connectivity index (χ4v) is 3.40. The van der Waals surface area contributed by atoms with Crippen LogP contribution in [0.3, 0.4) is 0 Å². The van der Waals surface area contributed by atoms with E-state index in [0.29, 0.717) is 13.0 Å². The molecule has 9 nitrogen and oxygen atoms in total. The normalized spacial score (nSPS) is 16.0. The van der Waals surface area contributed by atoms with Gasteiger partial charge in [-0.2, -0.15) is 0 Å². The molecule has 3 aromatic rings. The number of para-hydroxylation sites is 1. The summed E-state index contributed by atoms with van der Waals surface area (Å²) >= 11 is 0. The molecule has 0 saturated heterocycles. The van der Waals surface area contributed by atoms with E-state index in [1.54, 1.807) is 7.05 Å². The number of fused-ring (bicyclic) bond motifs is 2. The first-order chi connectivity index (χ1) is 13.0. The van der Waals surface area contributed by atoms with Crippen LogP contribution in [0.4, 0.5) is 0 Å². The van der Waals surface area contributed by atoms with Crippen molar-refractivity contribution < 1.29 is 9.53 Å². The van der Waals surface area contributed by atoms with Crippen LogP contribution < -0.4 is 21.3 Å². The predicted molar refractivity (Wildman–Crippen MR) is 97.7 cm³/mol. The monoisotopic (exact) mass is 369 g/mol. The van der Waals surface area contributed by atoms with Crippen molar-refractivity contribution in [3.8, 4) is 5.75 Å². The molecule has 140 valence electrons. The maximum Gasteiger partial charge on any atom is 0.332 e. The molecule has 0 fully saturated rings. The van der Waals surface area contributed by atoms with Crippen LogP contribution in [0.2, 0.25) is 0 Å². The third kappa shape index (κ3) is 2.80. The molecule has 9 heteroatoms. The van der Waals surface area contributed by atoms with E-state index in [4.69, 9.17) is 4.74 Å². The lowest BCUT2D eigenvalue weighted by Gasteiger charge is -2.26. The van der Waals surface area contributed by atoms with Gasteiger partial charge in [-0.05, 0) is 6.07 Å². The molecule has 1 aliphatic heterocycles. The van der Waals surface area contributed by atoms with Gasteiger partial charge in [0.05, 0.1) is 19.0 Å². The number of nitrogens with one attached hydrogen (secondary N) is 1. The van der Waals surface area contributed by atoms with E-state index in [1.807, 2.05) is 24.3 Å². The largest absolute Gasteiger partial charge is 0.493 e. The highest BCUT2D eigenvalue weighted by Gasteiger charge is 2.23. The molecule has 0 radical (unpaired) electrons. The maximum absolute atomic E-state index is 12.6. The molecular weight excluding hydrogens is 350 g/mol. The Morgan fingerprint density at radius 1 is 1.26 bits per heavy atom. The topological polar surface area (TPSA) is 100 Å². The van der Waals surface area contributed by atoms with Crippen LogP contribution in [-0.4, -0.2) is 31.2 Å². The molecule has 0 saturated carbocycles. The molecule has 1 aliphatic rings. The fourth-order valence-electron chi connectivity index (χ4n) is 3.40. The van der Waals surface area contributed by atoms with Crippen LogP contribution in [0.15, 0.2) is 40.2 Å². The van der Waals surface area contributed by atoms with E-state index in [0.717, 1.165) is 15.9 Å². The number of hydrogen-bond donors (Lipinski definition) is 1. The second-order valence-electron chi connectivity index (χ2n) is 6.55. The lowest BCUT2D eigenvalue weighted by molar-refractivity contribution is -0.122. The van der Waals surface area contributed by atoms with Crippen molar-refractivity contribution in [1.29, 1.82) is 0 Å². The van der Waals surface area contributed by atoms with Crippen LogP contribution in [-0.2, 0) is 25.4 Å². The third-order valence-corrected chi connectivity index (χ3v) is 4.82. The van der Waals surface area contributed by atoms with Crippen LogP contribution in [0.5, 0.6) is 5.75 Å². The summed E-state index contributed by atoms with van der Waals surface area (Å²) in [5.41, 5.74) is 0.483. The van der Waals surface area contributed by atoms with Crippen LogP contribution in [0, 0.1) is 0 Å². The number of aromatic nitrogens is 4. The van der Waals surface area contributed by atoms with Crippen LogP contribution in [0.1, 0.15) is 18.0 Å². The molecule has 0 aliphatic carbocycles. The number of imidazole rings is 1. The van der Waals surface area contributed by atoms with Gasteiger partial charge in [-0.15, -0.1) is 0 Å². The predicted octanol–water partition coefficient (Wildman–Crippen LogP) is 0.0737. The molecule has 1 atom stereocenters. The number of aryl methyl sites for hydroxylation is 1. The van der Waals surface area contributed by atoms with Gasteiger partial charge in [-0.25, -0.2) is 9.78 Å². The summed E-state index contributed by atoms with van der Waals surface area (Å²) in [5, 5.41) is 2.99. The highest BCUT2D eigenvalue weighted by atomic mass is 16.5. The SMILES string of the molecule is Cn1c(=O)c2c(ncn2CC(=O)NC2CCOc3ccccc32)n(C)c1=O. The summed E-state index contributed by atoms with van der Waals surface area (Å²) in [6.07, 6.45) is 2.08. The van der Waals surface area contributed by atoms with Crippen molar-refractivity contribution >= 4 is 17.1 Å². The third-order valence-electron chi connectivity index (χ3n) is 4.82. The highest BCUT2D eigenvalue weighted by Crippen LogP contribution is 2.31. The first-order valence-corrected chi connectivity index (χ1v) is 8.59. The van der Waals surface area contributed by atoms with Gasteiger partial charge in [-0.1, -0.05) is 18.2 Å². The summed E-state index contributed by atoms with van der Waals surface area (Å²) in [7, 11) is 2.95. The summed E-state index contributed by atoms with van der Waals surface area (Å²) in [6.45, 7) is 0.460. The number of hydrogen-bond acceptors (Lipinski definition) is 5. The minimum atomic E-state index is -0.477. The number of nitrogens with zero attached hydrogens (tertiary/aromatic N) is 4. The van der Waals surface area contributed by atoms with E-state index in [-0.39, 0.29) is 29.7 Å². The zero-order valence-electron chi connectivity index (χ0n) is 15.0. The minimum Gasteiger partial charge on any atom is -0.493 e. The summed E-state index contributed by atoms with van der Waals surface area (Å²) in [5.74, 6) is 0.526. The Kier molecular flexibility index (Phi) is 4.06. The lowest BCUT2D eigenvalue weighted by Crippen LogP contribution is -2.38. The van der Waals surface area contributed by atoms with Crippen molar-refractivity contribution in [1.82, 2.24) is 24.0 Å². The summed E-state index contributed by atoms with van der Waals surface area (Å²) in [4.78, 5) is 41.2. The van der Waals surface area contributed by atoms with Crippen molar-refractivity contribution in [2.24, 2.45) is 14.1 Å². The van der Waals surface area contributed by atoms with Crippen molar-refractivity contribution in [3.63, 3.8) is 0 Å². The average Bonchev–Trinajstić information content (AvgIpc) is 3.08. The Morgan fingerprint density at radius 2 is 2.04 bits per heavy atom. The highest BCUT2D eigenvalue weighted by molar-refractivity contribution is 5.79. The number of ether oxygens (including phenoxy) is 1. The molecule has 0 spiro atoms. The Hall–Kier alpha value is -3.36. The molecule has 2 aromatic heterocycles. The molecule has 1 aromatic carbocycles. The molecule has 3 heterocycles. The Labute approximate surface area is 153 Å². The van der Waals surface area contributed by atoms with E-state index < -0.39 is 11.2 Å². The second-order valence-corrected chi connectivity index (χ2v) is 6.55. The first kappa shape index (κ1) is 17.1. The zero-order valence-corrected chi connectivity index (χ0v) is 15.0. The molecule has 27 heavy (non-hydrogen) atoms. The fraction of sp³-hybridized carbons (Fsp3) is 0.333. The van der Waals surface area contributed by atoms with Gasteiger partial charge in [0.25, 0.3) is 5.56 Å². The number of carbonyl (C=O) groups is 1. The number of rotatable bonds is 3. The minimum absolute atomic E-state index is 0.0660. The Morgan fingerprint density at radius 3 is 2.85 bits per heavy atom. The molecule has 0 bridgehead atoms. The molecule has 1 amide bonds. The van der Waals surface area contributed by atoms with Gasteiger partial charge in [-0.3, -0.25) is 18.7 Å². The van der Waals surface area contributed by atoms with Gasteiger partial charge >= 0.3 is 5.69 Å². The van der Waals surface area contributed by atoms with Gasteiger partial charge in [0.15, 0.2) is 11.2 Å². The summed E-state index contributed by atoms with van der Waals surface area (Å²) < 4.78 is 9.38.